The third-order valence-corrected chi connectivity index (χ3v) is 5.46. The molecule has 3 N–H and O–H groups in total. The predicted molar refractivity (Wildman–Crippen MR) is 128 cm³/mol. The van der Waals surface area contributed by atoms with Crippen LogP contribution in [0.4, 0.5) is 5.69 Å². The van der Waals surface area contributed by atoms with Crippen LogP contribution in [0.15, 0.2) is 46.9 Å². The summed E-state index contributed by atoms with van der Waals surface area (Å²) >= 11 is 3.47. The van der Waals surface area contributed by atoms with Gasteiger partial charge >= 0.3 is 0 Å². The Kier molecular flexibility index (Phi) is 9.71. The summed E-state index contributed by atoms with van der Waals surface area (Å²) in [6.07, 6.45) is 1.46. The van der Waals surface area contributed by atoms with Crippen molar-refractivity contribution in [3.63, 3.8) is 0 Å². The number of carbonyl (C=O) groups excluding carboxylic acids is 3. The van der Waals surface area contributed by atoms with Gasteiger partial charge in [0.2, 0.25) is 5.91 Å². The van der Waals surface area contributed by atoms with Crippen molar-refractivity contribution >= 4 is 39.3 Å². The summed E-state index contributed by atoms with van der Waals surface area (Å²) in [5.74, 6) is 0.202. The first kappa shape index (κ1) is 25.4. The van der Waals surface area contributed by atoms with E-state index in [0.29, 0.717) is 29.3 Å². The van der Waals surface area contributed by atoms with Crippen LogP contribution in [0.2, 0.25) is 0 Å². The molecule has 2 rings (SSSR count). The summed E-state index contributed by atoms with van der Waals surface area (Å²) in [6.45, 7) is 7.96. The average molecular weight is 504 g/mol. The van der Waals surface area contributed by atoms with Crippen molar-refractivity contribution in [1.82, 2.24) is 10.9 Å². The van der Waals surface area contributed by atoms with E-state index in [9.17, 15) is 14.4 Å². The molecule has 0 fully saturated rings. The van der Waals surface area contributed by atoms with Crippen LogP contribution < -0.4 is 20.9 Å². The Morgan fingerprint density at radius 1 is 0.969 bits per heavy atom. The van der Waals surface area contributed by atoms with Gasteiger partial charge < -0.3 is 10.1 Å². The Bertz CT molecular complexity index is 945. The van der Waals surface area contributed by atoms with Crippen molar-refractivity contribution in [3.8, 4) is 5.75 Å². The second-order valence-electron chi connectivity index (χ2n) is 8.01. The summed E-state index contributed by atoms with van der Waals surface area (Å²) in [5.41, 5.74) is 6.82. The summed E-state index contributed by atoms with van der Waals surface area (Å²) in [5, 5.41) is 2.78. The molecule has 3 amide bonds. The number of hydrogen-bond acceptors (Lipinski definition) is 4. The SMILES string of the molecule is CCC(C)c1ccc(OCC(=O)NNC(=O)c2ccc(NC(=O)CC(C)C)cc2)c(Br)c1. The maximum atomic E-state index is 12.2. The van der Waals surface area contributed by atoms with E-state index in [-0.39, 0.29) is 18.4 Å². The molecule has 0 spiro atoms. The van der Waals surface area contributed by atoms with E-state index in [2.05, 4.69) is 45.9 Å². The van der Waals surface area contributed by atoms with E-state index in [4.69, 9.17) is 4.74 Å². The minimum atomic E-state index is -0.492. The first-order valence-corrected chi connectivity index (χ1v) is 11.4. The summed E-state index contributed by atoms with van der Waals surface area (Å²) < 4.78 is 6.31. The van der Waals surface area contributed by atoms with Gasteiger partial charge in [0.15, 0.2) is 6.61 Å². The zero-order valence-corrected chi connectivity index (χ0v) is 20.4. The monoisotopic (exact) mass is 503 g/mol. The third-order valence-electron chi connectivity index (χ3n) is 4.84. The molecule has 1 atom stereocenters. The molecular formula is C24H30BrN3O4. The van der Waals surface area contributed by atoms with Gasteiger partial charge in [-0.1, -0.05) is 33.8 Å². The normalized spacial score (nSPS) is 11.6. The molecule has 0 aromatic heterocycles. The molecule has 32 heavy (non-hydrogen) atoms. The summed E-state index contributed by atoms with van der Waals surface area (Å²) in [6, 6.07) is 12.2. The maximum absolute atomic E-state index is 12.2. The quantitative estimate of drug-likeness (QED) is 0.428. The molecule has 7 nitrogen and oxygen atoms in total. The number of ether oxygens (including phenoxy) is 1. The largest absolute Gasteiger partial charge is 0.483 e. The molecular weight excluding hydrogens is 474 g/mol. The highest BCUT2D eigenvalue weighted by molar-refractivity contribution is 9.10. The minimum Gasteiger partial charge on any atom is -0.483 e. The zero-order chi connectivity index (χ0) is 23.7. The fourth-order valence-corrected chi connectivity index (χ4v) is 3.35. The van der Waals surface area contributed by atoms with Crippen LogP contribution in [0, 0.1) is 5.92 Å². The lowest BCUT2D eigenvalue weighted by molar-refractivity contribution is -0.123. The van der Waals surface area contributed by atoms with Gasteiger partial charge in [-0.05, 0) is 76.1 Å². The lowest BCUT2D eigenvalue weighted by Gasteiger charge is -2.13. The van der Waals surface area contributed by atoms with Crippen molar-refractivity contribution in [2.75, 3.05) is 11.9 Å². The van der Waals surface area contributed by atoms with Crippen molar-refractivity contribution in [1.29, 1.82) is 0 Å². The molecule has 1 unspecified atom stereocenters. The number of benzene rings is 2. The standard InChI is InChI=1S/C24H30BrN3O4/c1-5-16(4)18-8-11-21(20(25)13-18)32-14-23(30)27-28-24(31)17-6-9-19(10-7-17)26-22(29)12-15(2)3/h6-11,13,15-16H,5,12,14H2,1-4H3,(H,26,29)(H,27,30)(H,28,31). The zero-order valence-electron chi connectivity index (χ0n) is 18.8. The maximum Gasteiger partial charge on any atom is 0.276 e. The molecule has 0 bridgehead atoms. The van der Waals surface area contributed by atoms with E-state index in [0.717, 1.165) is 10.9 Å². The Hall–Kier alpha value is -2.87. The summed E-state index contributed by atoms with van der Waals surface area (Å²) in [4.78, 5) is 36.1. The van der Waals surface area contributed by atoms with E-state index in [1.54, 1.807) is 24.3 Å². The number of rotatable bonds is 9. The van der Waals surface area contributed by atoms with Crippen LogP contribution in [0.1, 0.15) is 62.4 Å². The molecule has 0 saturated heterocycles. The molecule has 0 aliphatic carbocycles. The van der Waals surface area contributed by atoms with E-state index in [1.807, 2.05) is 32.0 Å². The Morgan fingerprint density at radius 2 is 1.66 bits per heavy atom. The van der Waals surface area contributed by atoms with Crippen molar-refractivity contribution in [2.24, 2.45) is 5.92 Å². The molecule has 0 radical (unpaired) electrons. The van der Waals surface area contributed by atoms with Crippen LogP contribution in [0.25, 0.3) is 0 Å². The Labute approximate surface area is 197 Å². The lowest BCUT2D eigenvalue weighted by Crippen LogP contribution is -2.43. The third kappa shape index (κ3) is 8.00. The molecule has 0 saturated carbocycles. The second-order valence-corrected chi connectivity index (χ2v) is 8.87. The van der Waals surface area contributed by atoms with Gasteiger partial charge in [-0.3, -0.25) is 25.2 Å². The van der Waals surface area contributed by atoms with Gasteiger partial charge in [-0.2, -0.15) is 0 Å². The highest BCUT2D eigenvalue weighted by Crippen LogP contribution is 2.30. The van der Waals surface area contributed by atoms with Crippen LogP contribution in [0.5, 0.6) is 5.75 Å². The highest BCUT2D eigenvalue weighted by Gasteiger charge is 2.11. The molecule has 172 valence electrons. The highest BCUT2D eigenvalue weighted by atomic mass is 79.9. The van der Waals surface area contributed by atoms with E-state index in [1.165, 1.54) is 5.56 Å². The first-order chi connectivity index (χ1) is 15.2. The van der Waals surface area contributed by atoms with Crippen LogP contribution >= 0.6 is 15.9 Å². The molecule has 2 aromatic carbocycles. The van der Waals surface area contributed by atoms with Crippen molar-refractivity contribution in [3.05, 3.63) is 58.1 Å². The topological polar surface area (TPSA) is 96.5 Å². The number of halogens is 1. The van der Waals surface area contributed by atoms with Gasteiger partial charge in [0.1, 0.15) is 5.75 Å². The lowest BCUT2D eigenvalue weighted by atomic mass is 9.99. The molecule has 0 aliphatic rings. The van der Waals surface area contributed by atoms with Gasteiger partial charge in [0, 0.05) is 17.7 Å². The molecule has 0 heterocycles. The number of carbonyl (C=O) groups is 3. The first-order valence-electron chi connectivity index (χ1n) is 10.6. The van der Waals surface area contributed by atoms with E-state index >= 15 is 0 Å². The van der Waals surface area contributed by atoms with Gasteiger partial charge in [-0.15, -0.1) is 0 Å². The molecule has 2 aromatic rings. The van der Waals surface area contributed by atoms with Crippen molar-refractivity contribution in [2.45, 2.75) is 46.5 Å². The van der Waals surface area contributed by atoms with Crippen LogP contribution in [-0.4, -0.2) is 24.3 Å². The summed E-state index contributed by atoms with van der Waals surface area (Å²) in [7, 11) is 0. The number of amides is 3. The van der Waals surface area contributed by atoms with Crippen molar-refractivity contribution < 1.29 is 19.1 Å². The number of hydrazine groups is 1. The number of nitrogens with one attached hydrogen (secondary N) is 3. The number of anilines is 1. The van der Waals surface area contributed by atoms with Crippen LogP contribution in [0.3, 0.4) is 0 Å². The fourth-order valence-electron chi connectivity index (χ4n) is 2.84. The molecule has 0 aliphatic heterocycles. The van der Waals surface area contributed by atoms with Gasteiger partial charge in [0.05, 0.1) is 4.47 Å². The minimum absolute atomic E-state index is 0.0781. The van der Waals surface area contributed by atoms with Crippen LogP contribution in [-0.2, 0) is 9.59 Å². The Morgan fingerprint density at radius 3 is 2.25 bits per heavy atom. The number of hydrogen-bond donors (Lipinski definition) is 3. The fraction of sp³-hybridized carbons (Fsp3) is 0.375. The van der Waals surface area contributed by atoms with Gasteiger partial charge in [-0.25, -0.2) is 0 Å². The van der Waals surface area contributed by atoms with E-state index < -0.39 is 11.8 Å². The van der Waals surface area contributed by atoms with Gasteiger partial charge in [0.25, 0.3) is 11.8 Å². The second kappa shape index (κ2) is 12.2. The molecule has 8 heteroatoms. The Balaban J connectivity index is 1.80. The average Bonchev–Trinajstić information content (AvgIpc) is 2.75. The predicted octanol–water partition coefficient (Wildman–Crippen LogP) is 4.79. The smallest absolute Gasteiger partial charge is 0.276 e.